The van der Waals surface area contributed by atoms with Gasteiger partial charge in [0.2, 0.25) is 0 Å². The smallest absolute Gasteiger partial charge is 0.0641 e. The molecule has 0 N–H and O–H groups in total. The zero-order valence-electron chi connectivity index (χ0n) is 11.5. The molecule has 0 aliphatic heterocycles. The van der Waals surface area contributed by atoms with E-state index in [4.69, 9.17) is 0 Å². The molecule has 0 amide bonds. The first-order valence-electron chi connectivity index (χ1n) is 6.50. The normalized spacial score (nSPS) is 11.6. The van der Waals surface area contributed by atoms with Crippen molar-refractivity contribution in [2.75, 3.05) is 0 Å². The molecule has 0 aliphatic rings. The molecule has 0 saturated heterocycles. The van der Waals surface area contributed by atoms with Crippen LogP contribution in [0.4, 0.5) is 5.69 Å². The molecule has 100 valence electrons. The van der Waals surface area contributed by atoms with E-state index in [1.807, 2.05) is 30.5 Å². The van der Waals surface area contributed by atoms with E-state index in [0.717, 1.165) is 10.2 Å². The Kier molecular flexibility index (Phi) is 3.45. The maximum absolute atomic E-state index is 4.59. The average Bonchev–Trinajstić information content (AvgIpc) is 2.70. The number of fused-ring (bicyclic) bond motifs is 1. The van der Waals surface area contributed by atoms with Gasteiger partial charge in [0.05, 0.1) is 5.69 Å². The number of halogens is 1. The quantitative estimate of drug-likeness (QED) is 0.590. The number of nitrogens with zero attached hydrogens (tertiary/aromatic N) is 2. The summed E-state index contributed by atoms with van der Waals surface area (Å²) in [5.41, 5.74) is 4.60. The van der Waals surface area contributed by atoms with Crippen molar-refractivity contribution < 1.29 is 0 Å². The third-order valence-corrected chi connectivity index (χ3v) is 4.09. The van der Waals surface area contributed by atoms with Crippen LogP contribution in [0, 0.1) is 6.92 Å². The Morgan fingerprint density at radius 2 is 1.90 bits per heavy atom. The first kappa shape index (κ1) is 13.1. The van der Waals surface area contributed by atoms with Crippen molar-refractivity contribution in [3.8, 4) is 0 Å². The Labute approximate surface area is 126 Å². The summed E-state index contributed by atoms with van der Waals surface area (Å²) in [7, 11) is 2.09. The molecule has 0 unspecified atom stereocenters. The van der Waals surface area contributed by atoms with Gasteiger partial charge >= 0.3 is 0 Å². The van der Waals surface area contributed by atoms with Gasteiger partial charge in [0.1, 0.15) is 0 Å². The zero-order chi connectivity index (χ0) is 14.1. The molecule has 1 aromatic heterocycles. The summed E-state index contributed by atoms with van der Waals surface area (Å²) in [6.07, 6.45) is 1.96. The highest BCUT2D eigenvalue weighted by Gasteiger charge is 2.08. The Hall–Kier alpha value is -1.87. The number of para-hydroxylation sites is 1. The van der Waals surface area contributed by atoms with E-state index in [1.165, 1.54) is 22.2 Å². The molecule has 3 aromatic rings. The number of aliphatic imine (C=N–C) groups is 1. The summed E-state index contributed by atoms with van der Waals surface area (Å²) < 4.78 is 3.25. The van der Waals surface area contributed by atoms with Gasteiger partial charge in [0.15, 0.2) is 0 Å². The van der Waals surface area contributed by atoms with Crippen LogP contribution < -0.4 is 0 Å². The number of benzene rings is 2. The van der Waals surface area contributed by atoms with Crippen molar-refractivity contribution in [3.05, 3.63) is 64.3 Å². The minimum Gasteiger partial charge on any atom is -0.347 e. The Morgan fingerprint density at radius 1 is 1.10 bits per heavy atom. The summed E-state index contributed by atoms with van der Waals surface area (Å²) in [5, 5.41) is 1.24. The number of rotatable bonds is 2. The molecule has 0 aliphatic carbocycles. The van der Waals surface area contributed by atoms with Crippen LogP contribution in [0.5, 0.6) is 0 Å². The predicted molar refractivity (Wildman–Crippen MR) is 89.1 cm³/mol. The van der Waals surface area contributed by atoms with E-state index in [-0.39, 0.29) is 0 Å². The van der Waals surface area contributed by atoms with Gasteiger partial charge in [-0.15, -0.1) is 0 Å². The van der Waals surface area contributed by atoms with Gasteiger partial charge in [-0.05, 0) is 31.2 Å². The number of aromatic nitrogens is 1. The molecule has 0 atom stereocenters. The lowest BCUT2D eigenvalue weighted by Crippen LogP contribution is -1.91. The topological polar surface area (TPSA) is 17.3 Å². The van der Waals surface area contributed by atoms with Crippen LogP contribution in [0.15, 0.2) is 58.0 Å². The first-order valence-corrected chi connectivity index (χ1v) is 7.30. The van der Waals surface area contributed by atoms with Gasteiger partial charge in [0.25, 0.3) is 0 Å². The number of aryl methyl sites for hydroxylation is 1. The number of hydrogen-bond donors (Lipinski definition) is 0. The first-order chi connectivity index (χ1) is 9.66. The summed E-state index contributed by atoms with van der Waals surface area (Å²) in [6, 6.07) is 16.4. The van der Waals surface area contributed by atoms with Crippen molar-refractivity contribution in [2.24, 2.45) is 12.0 Å². The summed E-state index contributed by atoms with van der Waals surface area (Å²) in [4.78, 5) is 4.59. The van der Waals surface area contributed by atoms with E-state index >= 15 is 0 Å². The second kappa shape index (κ2) is 5.25. The van der Waals surface area contributed by atoms with Crippen molar-refractivity contribution >= 4 is 38.7 Å². The highest BCUT2D eigenvalue weighted by molar-refractivity contribution is 9.10. The van der Waals surface area contributed by atoms with E-state index in [9.17, 15) is 0 Å². The molecule has 0 saturated carbocycles. The third-order valence-electron chi connectivity index (χ3n) is 3.60. The van der Waals surface area contributed by atoms with E-state index < -0.39 is 0 Å². The molecule has 0 radical (unpaired) electrons. The number of hydrogen-bond acceptors (Lipinski definition) is 1. The molecule has 2 aromatic carbocycles. The SMILES string of the molecule is Cc1c(C=Nc2cccc(Br)c2)c2ccccc2n1C. The molecule has 2 nitrogen and oxygen atoms in total. The highest BCUT2D eigenvalue weighted by Crippen LogP contribution is 2.24. The van der Waals surface area contributed by atoms with Crippen molar-refractivity contribution in [1.29, 1.82) is 0 Å². The maximum Gasteiger partial charge on any atom is 0.0641 e. The van der Waals surface area contributed by atoms with Crippen LogP contribution in [0.25, 0.3) is 10.9 Å². The van der Waals surface area contributed by atoms with Crippen LogP contribution in [0.3, 0.4) is 0 Å². The predicted octanol–water partition coefficient (Wildman–Crippen LogP) is 5.00. The second-order valence-electron chi connectivity index (χ2n) is 4.81. The summed E-state index contributed by atoms with van der Waals surface area (Å²) in [5.74, 6) is 0. The highest BCUT2D eigenvalue weighted by atomic mass is 79.9. The van der Waals surface area contributed by atoms with Gasteiger partial charge in [-0.3, -0.25) is 4.99 Å². The van der Waals surface area contributed by atoms with Gasteiger partial charge < -0.3 is 4.57 Å². The van der Waals surface area contributed by atoms with E-state index in [1.54, 1.807) is 0 Å². The molecule has 1 heterocycles. The minimum atomic E-state index is 0.951. The molecule has 0 spiro atoms. The van der Waals surface area contributed by atoms with Crippen molar-refractivity contribution in [2.45, 2.75) is 6.92 Å². The largest absolute Gasteiger partial charge is 0.347 e. The van der Waals surface area contributed by atoms with Gasteiger partial charge in [-0.1, -0.05) is 40.2 Å². The van der Waals surface area contributed by atoms with Gasteiger partial charge in [-0.2, -0.15) is 0 Å². The molecule has 3 rings (SSSR count). The Balaban J connectivity index is 2.09. The van der Waals surface area contributed by atoms with Crippen LogP contribution in [-0.2, 0) is 7.05 Å². The van der Waals surface area contributed by atoms with Crippen LogP contribution in [0.2, 0.25) is 0 Å². The lowest BCUT2D eigenvalue weighted by Gasteiger charge is -1.98. The van der Waals surface area contributed by atoms with E-state index in [0.29, 0.717) is 0 Å². The fraction of sp³-hybridized carbons (Fsp3) is 0.118. The summed E-state index contributed by atoms with van der Waals surface area (Å²) in [6.45, 7) is 2.13. The molecular weight excluding hydrogens is 312 g/mol. The molecule has 0 bridgehead atoms. The average molecular weight is 327 g/mol. The summed E-state index contributed by atoms with van der Waals surface area (Å²) >= 11 is 3.47. The lowest BCUT2D eigenvalue weighted by molar-refractivity contribution is 0.917. The Morgan fingerprint density at radius 3 is 2.70 bits per heavy atom. The van der Waals surface area contributed by atoms with Crippen molar-refractivity contribution in [1.82, 2.24) is 4.57 Å². The van der Waals surface area contributed by atoms with E-state index in [2.05, 4.69) is 63.7 Å². The van der Waals surface area contributed by atoms with Crippen LogP contribution in [-0.4, -0.2) is 10.8 Å². The lowest BCUT2D eigenvalue weighted by atomic mass is 10.1. The fourth-order valence-electron chi connectivity index (χ4n) is 2.41. The third kappa shape index (κ3) is 2.29. The zero-order valence-corrected chi connectivity index (χ0v) is 13.1. The van der Waals surface area contributed by atoms with Crippen LogP contribution >= 0.6 is 15.9 Å². The minimum absolute atomic E-state index is 0.951. The fourth-order valence-corrected chi connectivity index (χ4v) is 2.80. The molecule has 0 fully saturated rings. The van der Waals surface area contributed by atoms with Crippen LogP contribution in [0.1, 0.15) is 11.3 Å². The van der Waals surface area contributed by atoms with Gasteiger partial charge in [0, 0.05) is 39.9 Å². The molecular formula is C17H15BrN2. The molecule has 3 heteroatoms. The maximum atomic E-state index is 4.59. The Bertz CT molecular complexity index is 800. The van der Waals surface area contributed by atoms with Crippen molar-refractivity contribution in [3.63, 3.8) is 0 Å². The molecule has 20 heavy (non-hydrogen) atoms. The monoisotopic (exact) mass is 326 g/mol. The van der Waals surface area contributed by atoms with Gasteiger partial charge in [-0.25, -0.2) is 0 Å². The second-order valence-corrected chi connectivity index (χ2v) is 5.73. The standard InChI is InChI=1S/C17H15BrN2/c1-12-16(11-19-14-7-5-6-13(18)10-14)15-8-3-4-9-17(15)20(12)2/h3-11H,1-2H3.